The summed E-state index contributed by atoms with van der Waals surface area (Å²) >= 11 is 0. The molecule has 174 valence electrons. The predicted octanol–water partition coefficient (Wildman–Crippen LogP) is 3.48. The summed E-state index contributed by atoms with van der Waals surface area (Å²) in [7, 11) is 0. The van der Waals surface area contributed by atoms with Gasteiger partial charge in [-0.3, -0.25) is 0 Å². The van der Waals surface area contributed by atoms with Crippen molar-refractivity contribution in [1.82, 2.24) is 0 Å². The van der Waals surface area contributed by atoms with E-state index in [4.69, 9.17) is 9.47 Å². The lowest BCUT2D eigenvalue weighted by molar-refractivity contribution is -0.147. The second-order valence-electron chi connectivity index (χ2n) is 7.71. The Labute approximate surface area is 184 Å². The Morgan fingerprint density at radius 1 is 0.548 bits per heavy atom. The molecule has 0 N–H and O–H groups in total. The van der Waals surface area contributed by atoms with E-state index in [1.54, 1.807) is 27.7 Å². The van der Waals surface area contributed by atoms with E-state index < -0.39 is 29.3 Å². The molecule has 0 fully saturated rings. The van der Waals surface area contributed by atoms with Crippen LogP contribution in [0, 0.1) is 5.41 Å². The molecule has 0 atom stereocenters. The topological polar surface area (TPSA) is 105 Å². The molecule has 0 spiro atoms. The van der Waals surface area contributed by atoms with E-state index in [1.165, 1.54) is 0 Å². The first-order valence-corrected chi connectivity index (χ1v) is 9.41. The van der Waals surface area contributed by atoms with E-state index in [0.717, 1.165) is 0 Å². The molecule has 0 aliphatic heterocycles. The summed E-state index contributed by atoms with van der Waals surface area (Å²) in [4.78, 5) is 44.1. The molecule has 0 saturated heterocycles. The van der Waals surface area contributed by atoms with Gasteiger partial charge in [0.2, 0.25) is 0 Å². The quantitative estimate of drug-likeness (QED) is 0.209. The summed E-state index contributed by atoms with van der Waals surface area (Å²) < 4.78 is 19.4. The Hall–Kier alpha value is -3.16. The van der Waals surface area contributed by atoms with Crippen LogP contribution in [0.15, 0.2) is 48.6 Å². The Bertz CT molecular complexity index is 668. The first kappa shape index (κ1) is 30.0. The lowest BCUT2D eigenvalue weighted by Crippen LogP contribution is -2.28. The van der Waals surface area contributed by atoms with Crippen LogP contribution in [0.3, 0.4) is 0 Å². The van der Waals surface area contributed by atoms with Gasteiger partial charge in [-0.1, -0.05) is 40.2 Å². The number of carbonyl (C=O) groups excluding carboxylic acids is 4. The first-order chi connectivity index (χ1) is 14.1. The number of hydrogen-bond donors (Lipinski definition) is 0. The second-order valence-corrected chi connectivity index (χ2v) is 7.71. The molecule has 0 heterocycles. The molecule has 0 aromatic heterocycles. The summed E-state index contributed by atoms with van der Waals surface area (Å²) in [5.74, 6) is -1.86. The number of carbonyl (C=O) groups is 4. The van der Waals surface area contributed by atoms with Gasteiger partial charge in [-0.15, -0.1) is 0 Å². The Morgan fingerprint density at radius 2 is 0.774 bits per heavy atom. The lowest BCUT2D eigenvalue weighted by atomic mass is 9.96. The third-order valence-corrected chi connectivity index (χ3v) is 3.13. The minimum atomic E-state index is -0.489. The number of esters is 4. The van der Waals surface area contributed by atoms with Gasteiger partial charge in [-0.05, 0) is 27.7 Å². The summed E-state index contributed by atoms with van der Waals surface area (Å²) in [5, 5.41) is 0. The highest BCUT2D eigenvalue weighted by Crippen LogP contribution is 2.17. The molecule has 0 aromatic rings. The maximum atomic E-state index is 11.2. The number of rotatable bonds is 11. The van der Waals surface area contributed by atoms with Crippen LogP contribution >= 0.6 is 0 Å². The van der Waals surface area contributed by atoms with E-state index in [0.29, 0.717) is 22.3 Å². The molecule has 0 saturated carbocycles. The molecule has 0 amide bonds. The van der Waals surface area contributed by atoms with Gasteiger partial charge in [-0.2, -0.15) is 0 Å². The molecular formula is C23H34O8. The van der Waals surface area contributed by atoms with Crippen LogP contribution in [0.4, 0.5) is 0 Å². The predicted molar refractivity (Wildman–Crippen MR) is 117 cm³/mol. The number of hydrogen-bond acceptors (Lipinski definition) is 8. The van der Waals surface area contributed by atoms with E-state index in [-0.39, 0.29) is 26.4 Å². The fourth-order valence-electron chi connectivity index (χ4n) is 1.33. The second kappa shape index (κ2) is 14.8. The minimum absolute atomic E-state index is 0.0325. The van der Waals surface area contributed by atoms with Crippen LogP contribution in [0.1, 0.15) is 41.5 Å². The van der Waals surface area contributed by atoms with Crippen molar-refractivity contribution < 1.29 is 38.1 Å². The van der Waals surface area contributed by atoms with E-state index >= 15 is 0 Å². The highest BCUT2D eigenvalue weighted by molar-refractivity contribution is 5.88. The maximum absolute atomic E-state index is 11.2. The molecule has 8 nitrogen and oxygen atoms in total. The van der Waals surface area contributed by atoms with E-state index in [2.05, 4.69) is 35.8 Å². The summed E-state index contributed by atoms with van der Waals surface area (Å²) in [6, 6.07) is 0. The zero-order chi connectivity index (χ0) is 24.8. The summed E-state index contributed by atoms with van der Waals surface area (Å²) in [6.07, 6.45) is 0. The van der Waals surface area contributed by atoms with Crippen molar-refractivity contribution in [2.24, 2.45) is 5.41 Å². The van der Waals surface area contributed by atoms with Gasteiger partial charge in [0.1, 0.15) is 13.2 Å². The van der Waals surface area contributed by atoms with Crippen LogP contribution < -0.4 is 0 Å². The monoisotopic (exact) mass is 438 g/mol. The van der Waals surface area contributed by atoms with Crippen molar-refractivity contribution >= 4 is 23.9 Å². The van der Waals surface area contributed by atoms with Crippen molar-refractivity contribution in [3.05, 3.63) is 48.6 Å². The standard InChI is InChI=1S/C13H20O4.C10H14O4/c1-9(2)11(14)16-7-13(5,6)8-17-12(15)10(3)4;1-7(2)9(11)13-5-6-14-10(12)8(3)4/h1,3,7-8H2,2,4-6H3;1,3,5-6H2,2,4H3. The smallest absolute Gasteiger partial charge is 0.333 e. The van der Waals surface area contributed by atoms with Gasteiger partial charge in [0.25, 0.3) is 0 Å². The minimum Gasteiger partial charge on any atom is -0.462 e. The highest BCUT2D eigenvalue weighted by Gasteiger charge is 2.23. The largest absolute Gasteiger partial charge is 0.462 e. The first-order valence-electron chi connectivity index (χ1n) is 9.41. The fourth-order valence-corrected chi connectivity index (χ4v) is 1.33. The molecule has 0 bridgehead atoms. The van der Waals surface area contributed by atoms with Crippen LogP contribution in [-0.4, -0.2) is 50.3 Å². The normalized spacial score (nSPS) is 9.87. The molecule has 0 aliphatic carbocycles. The van der Waals surface area contributed by atoms with Crippen LogP contribution in [0.5, 0.6) is 0 Å². The van der Waals surface area contributed by atoms with Crippen molar-refractivity contribution in [3.8, 4) is 0 Å². The van der Waals surface area contributed by atoms with Gasteiger partial charge in [0.15, 0.2) is 0 Å². The van der Waals surface area contributed by atoms with E-state index in [9.17, 15) is 19.2 Å². The third kappa shape index (κ3) is 16.3. The van der Waals surface area contributed by atoms with Crippen molar-refractivity contribution in [2.75, 3.05) is 26.4 Å². The molecule has 0 aromatic carbocycles. The third-order valence-electron chi connectivity index (χ3n) is 3.13. The number of ether oxygens (including phenoxy) is 4. The Kier molecular flexibility index (Phi) is 14.3. The van der Waals surface area contributed by atoms with Gasteiger partial charge >= 0.3 is 23.9 Å². The van der Waals surface area contributed by atoms with Gasteiger partial charge in [0, 0.05) is 27.7 Å². The average Bonchev–Trinajstić information content (AvgIpc) is 2.67. The molecule has 0 unspecified atom stereocenters. The zero-order valence-electron chi connectivity index (χ0n) is 19.4. The van der Waals surface area contributed by atoms with Crippen LogP contribution in [-0.2, 0) is 38.1 Å². The van der Waals surface area contributed by atoms with Crippen LogP contribution in [0.2, 0.25) is 0 Å². The average molecular weight is 439 g/mol. The molecule has 8 heteroatoms. The summed E-state index contributed by atoms with van der Waals surface area (Å²) in [5.41, 5.74) is 0.892. The molecule has 0 radical (unpaired) electrons. The van der Waals surface area contributed by atoms with Gasteiger partial charge in [-0.25, -0.2) is 19.2 Å². The molecule has 0 rings (SSSR count). The molecule has 31 heavy (non-hydrogen) atoms. The van der Waals surface area contributed by atoms with Crippen molar-refractivity contribution in [2.45, 2.75) is 41.5 Å². The molecular weight excluding hydrogens is 404 g/mol. The van der Waals surface area contributed by atoms with Crippen molar-refractivity contribution in [1.29, 1.82) is 0 Å². The highest BCUT2D eigenvalue weighted by atomic mass is 16.6. The fraction of sp³-hybridized carbons (Fsp3) is 0.478. The van der Waals surface area contributed by atoms with Crippen molar-refractivity contribution in [3.63, 3.8) is 0 Å². The summed E-state index contributed by atoms with van der Waals surface area (Å²) in [6.45, 7) is 24.1. The van der Waals surface area contributed by atoms with Crippen LogP contribution in [0.25, 0.3) is 0 Å². The zero-order valence-corrected chi connectivity index (χ0v) is 19.4. The van der Waals surface area contributed by atoms with Gasteiger partial charge < -0.3 is 18.9 Å². The maximum Gasteiger partial charge on any atom is 0.333 e. The van der Waals surface area contributed by atoms with E-state index in [1.807, 2.05) is 13.8 Å². The van der Waals surface area contributed by atoms with Gasteiger partial charge in [0.05, 0.1) is 13.2 Å². The Morgan fingerprint density at radius 3 is 1.00 bits per heavy atom. The lowest BCUT2D eigenvalue weighted by Gasteiger charge is -2.23. The molecule has 0 aliphatic rings. The SMILES string of the molecule is C=C(C)C(=O)OCC(C)(C)COC(=O)C(=C)C.C=C(C)C(=O)OCCOC(=O)C(=C)C. The Balaban J connectivity index is 0.